The minimum atomic E-state index is 0.912. The fourth-order valence-corrected chi connectivity index (χ4v) is 2.70. The van der Waals surface area contributed by atoms with Gasteiger partial charge in [0.05, 0.1) is 0 Å². The fourth-order valence-electron chi connectivity index (χ4n) is 2.70. The van der Waals surface area contributed by atoms with Gasteiger partial charge in [0, 0.05) is 16.9 Å². The molecular formula is C23H27N. The van der Waals surface area contributed by atoms with Crippen LogP contribution in [0, 0.1) is 6.92 Å². The minimum Gasteiger partial charge on any atom is -0.359 e. The Kier molecular flexibility index (Phi) is 6.20. The Morgan fingerprint density at radius 2 is 1.79 bits per heavy atom. The van der Waals surface area contributed by atoms with Crippen molar-refractivity contribution in [2.24, 2.45) is 0 Å². The van der Waals surface area contributed by atoms with Gasteiger partial charge < -0.3 is 5.32 Å². The van der Waals surface area contributed by atoms with Crippen molar-refractivity contribution in [3.8, 4) is 0 Å². The van der Waals surface area contributed by atoms with Crippen molar-refractivity contribution in [2.75, 3.05) is 5.32 Å². The van der Waals surface area contributed by atoms with Gasteiger partial charge in [-0.05, 0) is 50.8 Å². The molecule has 0 aliphatic heterocycles. The summed E-state index contributed by atoms with van der Waals surface area (Å²) >= 11 is 0. The van der Waals surface area contributed by atoms with Crippen molar-refractivity contribution >= 4 is 17.3 Å². The summed E-state index contributed by atoms with van der Waals surface area (Å²) < 4.78 is 0. The zero-order valence-electron chi connectivity index (χ0n) is 15.0. The summed E-state index contributed by atoms with van der Waals surface area (Å²) in [6.07, 6.45) is 6.09. The lowest BCUT2D eigenvalue weighted by Crippen LogP contribution is -2.03. The molecule has 0 bridgehead atoms. The van der Waals surface area contributed by atoms with E-state index in [1.807, 2.05) is 13.8 Å². The molecule has 1 heteroatoms. The molecule has 0 unspecified atom stereocenters. The molecule has 24 heavy (non-hydrogen) atoms. The average molecular weight is 317 g/mol. The molecule has 0 radical (unpaired) electrons. The van der Waals surface area contributed by atoms with Gasteiger partial charge in [-0.3, -0.25) is 0 Å². The Morgan fingerprint density at radius 1 is 1.08 bits per heavy atom. The molecule has 0 heterocycles. The number of benzene rings is 2. The van der Waals surface area contributed by atoms with Crippen LogP contribution in [0.15, 0.2) is 67.4 Å². The summed E-state index contributed by atoms with van der Waals surface area (Å²) in [5.41, 5.74) is 8.16. The normalized spacial score (nSPS) is 10.8. The highest BCUT2D eigenvalue weighted by atomic mass is 14.9. The molecule has 0 atom stereocenters. The second kappa shape index (κ2) is 8.35. The van der Waals surface area contributed by atoms with Gasteiger partial charge >= 0.3 is 0 Å². The zero-order valence-corrected chi connectivity index (χ0v) is 15.0. The van der Waals surface area contributed by atoms with Crippen LogP contribution in [0.1, 0.15) is 42.5 Å². The smallest absolute Gasteiger partial charge is 0.0461 e. The molecule has 0 fully saturated rings. The minimum absolute atomic E-state index is 0.912. The van der Waals surface area contributed by atoms with E-state index < -0.39 is 0 Å². The molecule has 1 N–H and O–H groups in total. The summed E-state index contributed by atoms with van der Waals surface area (Å²) in [4.78, 5) is 0. The third-order valence-electron chi connectivity index (χ3n) is 4.05. The highest BCUT2D eigenvalue weighted by Gasteiger charge is 2.07. The quantitative estimate of drug-likeness (QED) is 0.605. The van der Waals surface area contributed by atoms with Crippen LogP contribution in [-0.2, 0) is 6.42 Å². The van der Waals surface area contributed by atoms with Crippen LogP contribution < -0.4 is 5.32 Å². The first-order valence-electron chi connectivity index (χ1n) is 8.43. The van der Waals surface area contributed by atoms with Crippen molar-refractivity contribution < 1.29 is 0 Å². The first-order valence-corrected chi connectivity index (χ1v) is 8.43. The predicted octanol–water partition coefficient (Wildman–Crippen LogP) is 6.62. The van der Waals surface area contributed by atoms with Crippen molar-refractivity contribution in [1.82, 2.24) is 0 Å². The molecule has 0 amide bonds. The molecule has 0 aliphatic carbocycles. The number of allylic oxidation sites excluding steroid dienone is 3. The van der Waals surface area contributed by atoms with Crippen LogP contribution in [-0.4, -0.2) is 0 Å². The Bertz CT molecular complexity index is 748. The van der Waals surface area contributed by atoms with E-state index in [0.29, 0.717) is 0 Å². The molecular weight excluding hydrogens is 290 g/mol. The van der Waals surface area contributed by atoms with Crippen molar-refractivity contribution in [2.45, 2.75) is 33.6 Å². The third kappa shape index (κ3) is 4.73. The summed E-state index contributed by atoms with van der Waals surface area (Å²) in [6, 6.07) is 15.0. The van der Waals surface area contributed by atoms with Gasteiger partial charge in [-0.25, -0.2) is 0 Å². The van der Waals surface area contributed by atoms with Gasteiger partial charge in [-0.15, -0.1) is 0 Å². The lowest BCUT2D eigenvalue weighted by molar-refractivity contribution is 0.949. The number of anilines is 1. The van der Waals surface area contributed by atoms with Crippen LogP contribution in [0.2, 0.25) is 0 Å². The van der Waals surface area contributed by atoms with Crippen molar-refractivity contribution in [1.29, 1.82) is 0 Å². The van der Waals surface area contributed by atoms with Crippen molar-refractivity contribution in [3.63, 3.8) is 0 Å². The topological polar surface area (TPSA) is 12.0 Å². The fraction of sp³-hybridized carbons (Fsp3) is 0.217. The molecule has 0 aromatic heterocycles. The zero-order chi connectivity index (χ0) is 17.5. The maximum absolute atomic E-state index is 4.20. The van der Waals surface area contributed by atoms with Gasteiger partial charge in [0.1, 0.15) is 0 Å². The number of hydrogen-bond donors (Lipinski definition) is 1. The maximum atomic E-state index is 4.20. The van der Waals surface area contributed by atoms with Gasteiger partial charge in [-0.1, -0.05) is 72.8 Å². The highest BCUT2D eigenvalue weighted by molar-refractivity contribution is 5.80. The van der Waals surface area contributed by atoms with Crippen LogP contribution in [0.4, 0.5) is 5.69 Å². The lowest BCUT2D eigenvalue weighted by Gasteiger charge is -2.16. The average Bonchev–Trinajstić information content (AvgIpc) is 2.56. The monoisotopic (exact) mass is 317 g/mol. The Hall–Kier alpha value is -2.54. The van der Waals surface area contributed by atoms with Crippen LogP contribution >= 0.6 is 0 Å². The molecule has 2 rings (SSSR count). The second-order valence-corrected chi connectivity index (χ2v) is 6.26. The van der Waals surface area contributed by atoms with E-state index in [2.05, 4.69) is 80.0 Å². The molecule has 0 spiro atoms. The molecule has 2 aromatic rings. The first kappa shape index (κ1) is 17.8. The standard InChI is InChI=1S/C23H27N/c1-6-8-22-21(17(2)3)9-7-10-23(22)24-19(5)13-16-20-14-11-18(4)12-15-20/h6-12,14-15,24H,2,5,13,16H2,1,3-4H3/b8-6-. The Balaban J connectivity index is 2.09. The Morgan fingerprint density at radius 3 is 2.42 bits per heavy atom. The van der Waals surface area contributed by atoms with E-state index in [1.54, 1.807) is 0 Å². The predicted molar refractivity (Wildman–Crippen MR) is 108 cm³/mol. The van der Waals surface area contributed by atoms with Crippen LogP contribution in [0.5, 0.6) is 0 Å². The SMILES string of the molecule is C=C(CCc1ccc(C)cc1)Nc1cccc(C(=C)C)c1/C=C\C. The molecule has 1 nitrogen and oxygen atoms in total. The number of nitrogens with one attached hydrogen (secondary N) is 1. The van der Waals surface area contributed by atoms with E-state index in [-0.39, 0.29) is 0 Å². The maximum Gasteiger partial charge on any atom is 0.0461 e. The molecule has 0 saturated carbocycles. The third-order valence-corrected chi connectivity index (χ3v) is 4.05. The first-order chi connectivity index (χ1) is 11.5. The largest absolute Gasteiger partial charge is 0.359 e. The molecule has 0 aliphatic rings. The summed E-state index contributed by atoms with van der Waals surface area (Å²) in [7, 11) is 0. The second-order valence-electron chi connectivity index (χ2n) is 6.26. The number of rotatable bonds is 7. The summed E-state index contributed by atoms with van der Waals surface area (Å²) in [6.45, 7) is 14.5. The Labute approximate surface area is 146 Å². The van der Waals surface area contributed by atoms with Crippen LogP contribution in [0.25, 0.3) is 11.6 Å². The highest BCUT2D eigenvalue weighted by Crippen LogP contribution is 2.28. The van der Waals surface area contributed by atoms with Crippen LogP contribution in [0.3, 0.4) is 0 Å². The molecule has 2 aromatic carbocycles. The summed E-state index contributed by atoms with van der Waals surface area (Å²) in [5.74, 6) is 0. The van der Waals surface area contributed by atoms with Crippen molar-refractivity contribution in [3.05, 3.63) is 89.6 Å². The van der Waals surface area contributed by atoms with E-state index in [4.69, 9.17) is 0 Å². The molecule has 124 valence electrons. The molecule has 0 saturated heterocycles. The van der Waals surface area contributed by atoms with E-state index in [9.17, 15) is 0 Å². The summed E-state index contributed by atoms with van der Waals surface area (Å²) in [5, 5.41) is 3.49. The number of hydrogen-bond acceptors (Lipinski definition) is 1. The van der Waals surface area contributed by atoms with E-state index in [0.717, 1.165) is 29.8 Å². The van der Waals surface area contributed by atoms with Gasteiger partial charge in [0.15, 0.2) is 0 Å². The lowest BCUT2D eigenvalue weighted by atomic mass is 9.99. The van der Waals surface area contributed by atoms with Gasteiger partial charge in [0.2, 0.25) is 0 Å². The van der Waals surface area contributed by atoms with Gasteiger partial charge in [-0.2, -0.15) is 0 Å². The van der Waals surface area contributed by atoms with Gasteiger partial charge in [0.25, 0.3) is 0 Å². The number of aryl methyl sites for hydroxylation is 2. The van der Waals surface area contributed by atoms with E-state index in [1.165, 1.54) is 22.3 Å². The van der Waals surface area contributed by atoms with E-state index >= 15 is 0 Å².